The van der Waals surface area contributed by atoms with E-state index in [0.29, 0.717) is 18.2 Å². The van der Waals surface area contributed by atoms with Crippen molar-refractivity contribution in [2.24, 2.45) is 0 Å². The summed E-state index contributed by atoms with van der Waals surface area (Å²) in [7, 11) is 0. The van der Waals surface area contributed by atoms with E-state index in [-0.39, 0.29) is 0 Å². The van der Waals surface area contributed by atoms with E-state index >= 15 is 0 Å². The number of rotatable bonds is 4. The normalized spacial score (nSPS) is 23.1. The van der Waals surface area contributed by atoms with Gasteiger partial charge in [0.25, 0.3) is 0 Å². The average Bonchev–Trinajstić information content (AvgIpc) is 2.40. The third-order valence-electron chi connectivity index (χ3n) is 3.07. The van der Waals surface area contributed by atoms with Crippen LogP contribution in [0.4, 0.5) is 0 Å². The first-order chi connectivity index (χ1) is 7.24. The van der Waals surface area contributed by atoms with Crippen LogP contribution in [-0.4, -0.2) is 29.8 Å². The first-order valence-corrected chi connectivity index (χ1v) is 5.91. The van der Waals surface area contributed by atoms with Crippen LogP contribution in [0.2, 0.25) is 0 Å². The molecule has 0 aromatic rings. The molecule has 0 bridgehead atoms. The number of terminal acetylenes is 1. The second-order valence-electron chi connectivity index (χ2n) is 4.40. The highest BCUT2D eigenvalue weighted by molar-refractivity contribution is 5.76. The van der Waals surface area contributed by atoms with Crippen LogP contribution >= 0.6 is 0 Å². The Bertz CT molecular complexity index is 241. The van der Waals surface area contributed by atoms with E-state index in [0.717, 1.165) is 25.9 Å². The SMILES string of the molecule is C#CCCN1CCCCCC1CC(C)=O. The highest BCUT2D eigenvalue weighted by Crippen LogP contribution is 2.19. The Labute approximate surface area is 93.0 Å². The predicted octanol–water partition coefficient (Wildman–Crippen LogP) is 2.23. The largest absolute Gasteiger partial charge is 0.300 e. The number of Topliss-reactive ketones (excluding diaryl/α,β-unsaturated/α-hetero) is 1. The van der Waals surface area contributed by atoms with Gasteiger partial charge in [0.1, 0.15) is 5.78 Å². The van der Waals surface area contributed by atoms with Gasteiger partial charge in [0.15, 0.2) is 0 Å². The van der Waals surface area contributed by atoms with Crippen molar-refractivity contribution < 1.29 is 4.79 Å². The van der Waals surface area contributed by atoms with Crippen LogP contribution in [0.3, 0.4) is 0 Å². The van der Waals surface area contributed by atoms with Gasteiger partial charge in [0.05, 0.1) is 0 Å². The van der Waals surface area contributed by atoms with Crippen molar-refractivity contribution >= 4 is 5.78 Å². The van der Waals surface area contributed by atoms with E-state index in [4.69, 9.17) is 6.42 Å². The van der Waals surface area contributed by atoms with Gasteiger partial charge in [-0.05, 0) is 26.3 Å². The Morgan fingerprint density at radius 3 is 2.93 bits per heavy atom. The van der Waals surface area contributed by atoms with Crippen LogP contribution in [0.1, 0.15) is 45.4 Å². The second kappa shape index (κ2) is 6.63. The quantitative estimate of drug-likeness (QED) is 0.659. The molecule has 0 aromatic carbocycles. The molecule has 1 unspecified atom stereocenters. The Hall–Kier alpha value is -0.810. The van der Waals surface area contributed by atoms with Crippen LogP contribution in [0.15, 0.2) is 0 Å². The van der Waals surface area contributed by atoms with Crippen LogP contribution < -0.4 is 0 Å². The minimum Gasteiger partial charge on any atom is -0.300 e. The molecule has 0 spiro atoms. The van der Waals surface area contributed by atoms with Crippen LogP contribution in [0, 0.1) is 12.3 Å². The topological polar surface area (TPSA) is 20.3 Å². The molecule has 2 nitrogen and oxygen atoms in total. The molecule has 1 fully saturated rings. The Morgan fingerprint density at radius 1 is 1.47 bits per heavy atom. The molecular formula is C13H21NO. The zero-order valence-corrected chi connectivity index (χ0v) is 9.67. The van der Waals surface area contributed by atoms with Crippen molar-refractivity contribution in [3.8, 4) is 12.3 Å². The molecule has 1 aliphatic rings. The molecule has 1 heterocycles. The van der Waals surface area contributed by atoms with E-state index in [2.05, 4.69) is 10.8 Å². The molecule has 84 valence electrons. The van der Waals surface area contributed by atoms with Gasteiger partial charge in [-0.1, -0.05) is 12.8 Å². The van der Waals surface area contributed by atoms with Gasteiger partial charge in [-0.2, -0.15) is 0 Å². The minimum atomic E-state index is 0.299. The molecule has 0 amide bonds. The number of hydrogen-bond acceptors (Lipinski definition) is 2. The van der Waals surface area contributed by atoms with E-state index in [1.165, 1.54) is 19.3 Å². The molecule has 1 atom stereocenters. The van der Waals surface area contributed by atoms with Gasteiger partial charge in [0.2, 0.25) is 0 Å². The first kappa shape index (κ1) is 12.3. The zero-order chi connectivity index (χ0) is 11.1. The molecule has 1 rings (SSSR count). The fourth-order valence-corrected chi connectivity index (χ4v) is 2.30. The maximum atomic E-state index is 11.2. The summed E-state index contributed by atoms with van der Waals surface area (Å²) < 4.78 is 0. The summed E-state index contributed by atoms with van der Waals surface area (Å²) in [6.07, 6.45) is 11.7. The van der Waals surface area contributed by atoms with Crippen molar-refractivity contribution in [3.63, 3.8) is 0 Å². The number of ketones is 1. The van der Waals surface area contributed by atoms with E-state index in [1.807, 2.05) is 0 Å². The summed E-state index contributed by atoms with van der Waals surface area (Å²) in [6, 6.07) is 0.443. The smallest absolute Gasteiger partial charge is 0.131 e. The highest BCUT2D eigenvalue weighted by Gasteiger charge is 2.21. The lowest BCUT2D eigenvalue weighted by Crippen LogP contribution is -2.36. The lowest BCUT2D eigenvalue weighted by Gasteiger charge is -2.28. The lowest BCUT2D eigenvalue weighted by atomic mass is 10.0. The first-order valence-electron chi connectivity index (χ1n) is 5.91. The molecule has 0 radical (unpaired) electrons. The maximum Gasteiger partial charge on any atom is 0.131 e. The molecular weight excluding hydrogens is 186 g/mol. The van der Waals surface area contributed by atoms with Gasteiger partial charge in [0, 0.05) is 25.4 Å². The number of hydrogen-bond donors (Lipinski definition) is 0. The molecule has 0 N–H and O–H groups in total. The van der Waals surface area contributed by atoms with Crippen LogP contribution in [0.25, 0.3) is 0 Å². The zero-order valence-electron chi connectivity index (χ0n) is 9.67. The van der Waals surface area contributed by atoms with Crippen molar-refractivity contribution in [1.82, 2.24) is 4.90 Å². The summed E-state index contributed by atoms with van der Waals surface area (Å²) in [4.78, 5) is 13.6. The monoisotopic (exact) mass is 207 g/mol. The molecule has 0 aliphatic carbocycles. The molecule has 0 aromatic heterocycles. The standard InChI is InChI=1S/C13H21NO/c1-3-4-9-14-10-7-5-6-8-13(14)11-12(2)15/h1,13H,4-11H2,2H3. The Kier molecular flexibility index (Phi) is 5.42. The summed E-state index contributed by atoms with van der Waals surface area (Å²) in [5.41, 5.74) is 0. The molecule has 1 saturated heterocycles. The molecule has 2 heteroatoms. The molecule has 15 heavy (non-hydrogen) atoms. The molecule has 1 aliphatic heterocycles. The maximum absolute atomic E-state index is 11.2. The number of carbonyl (C=O) groups is 1. The minimum absolute atomic E-state index is 0.299. The predicted molar refractivity (Wildman–Crippen MR) is 62.6 cm³/mol. The summed E-state index contributed by atoms with van der Waals surface area (Å²) in [5, 5.41) is 0. The van der Waals surface area contributed by atoms with Crippen molar-refractivity contribution in [3.05, 3.63) is 0 Å². The van der Waals surface area contributed by atoms with Crippen LogP contribution in [-0.2, 0) is 4.79 Å². The fraction of sp³-hybridized carbons (Fsp3) is 0.769. The number of carbonyl (C=O) groups excluding carboxylic acids is 1. The third-order valence-corrected chi connectivity index (χ3v) is 3.07. The third kappa shape index (κ3) is 4.48. The number of likely N-dealkylation sites (tertiary alicyclic amines) is 1. The second-order valence-corrected chi connectivity index (χ2v) is 4.40. The number of nitrogens with zero attached hydrogens (tertiary/aromatic N) is 1. The van der Waals surface area contributed by atoms with E-state index < -0.39 is 0 Å². The summed E-state index contributed by atoms with van der Waals surface area (Å²) >= 11 is 0. The van der Waals surface area contributed by atoms with Crippen molar-refractivity contribution in [2.45, 2.75) is 51.5 Å². The summed E-state index contributed by atoms with van der Waals surface area (Å²) in [5.74, 6) is 2.98. The van der Waals surface area contributed by atoms with Crippen molar-refractivity contribution in [1.29, 1.82) is 0 Å². The van der Waals surface area contributed by atoms with Gasteiger partial charge in [-0.25, -0.2) is 0 Å². The van der Waals surface area contributed by atoms with Gasteiger partial charge < -0.3 is 0 Å². The van der Waals surface area contributed by atoms with Gasteiger partial charge in [-0.3, -0.25) is 9.69 Å². The Morgan fingerprint density at radius 2 is 2.27 bits per heavy atom. The highest BCUT2D eigenvalue weighted by atomic mass is 16.1. The van der Waals surface area contributed by atoms with E-state index in [1.54, 1.807) is 6.92 Å². The van der Waals surface area contributed by atoms with E-state index in [9.17, 15) is 4.79 Å². The van der Waals surface area contributed by atoms with Gasteiger partial charge in [-0.15, -0.1) is 12.3 Å². The fourth-order valence-electron chi connectivity index (χ4n) is 2.30. The summed E-state index contributed by atoms with van der Waals surface area (Å²) in [6.45, 7) is 3.75. The lowest BCUT2D eigenvalue weighted by molar-refractivity contribution is -0.118. The van der Waals surface area contributed by atoms with Crippen LogP contribution in [0.5, 0.6) is 0 Å². The Balaban J connectivity index is 2.51. The van der Waals surface area contributed by atoms with Crippen molar-refractivity contribution in [2.75, 3.05) is 13.1 Å². The molecule has 0 saturated carbocycles. The van der Waals surface area contributed by atoms with Gasteiger partial charge >= 0.3 is 0 Å². The average molecular weight is 207 g/mol.